The fourth-order valence-electron chi connectivity index (χ4n) is 6.52. The number of rotatable bonds is 2. The van der Waals surface area contributed by atoms with Crippen LogP contribution in [0.1, 0.15) is 40.5 Å². The van der Waals surface area contributed by atoms with Crippen molar-refractivity contribution in [3.05, 3.63) is 89.3 Å². The minimum atomic E-state index is -0.421. The minimum absolute atomic E-state index is 0.386. The molecule has 2 heterocycles. The van der Waals surface area contributed by atoms with Crippen molar-refractivity contribution in [1.29, 1.82) is 0 Å². The van der Waals surface area contributed by atoms with Crippen LogP contribution in [0, 0.1) is 0 Å². The van der Waals surface area contributed by atoms with E-state index in [0.29, 0.717) is 0 Å². The molecule has 40 heavy (non-hydrogen) atoms. The van der Waals surface area contributed by atoms with Gasteiger partial charge in [0.1, 0.15) is 11.2 Å². The maximum atomic E-state index is 6.43. The highest BCUT2D eigenvalue weighted by atomic mass is 16.7. The van der Waals surface area contributed by atoms with Gasteiger partial charge in [-0.3, -0.25) is 0 Å². The van der Waals surface area contributed by atoms with Gasteiger partial charge in [0.25, 0.3) is 0 Å². The van der Waals surface area contributed by atoms with Crippen molar-refractivity contribution in [2.75, 3.05) is 0 Å². The maximum Gasteiger partial charge on any atom is 0.494 e. The lowest BCUT2D eigenvalue weighted by Crippen LogP contribution is -2.41. The Bertz CT molecular complexity index is 2120. The third kappa shape index (κ3) is 3.39. The molecule has 1 fully saturated rings. The van der Waals surface area contributed by atoms with Crippen molar-refractivity contribution in [2.24, 2.45) is 0 Å². The molecule has 5 aromatic carbocycles. The lowest BCUT2D eigenvalue weighted by molar-refractivity contribution is 0.00578. The van der Waals surface area contributed by atoms with Crippen LogP contribution in [0.3, 0.4) is 0 Å². The molecule has 3 nitrogen and oxygen atoms in total. The zero-order chi connectivity index (χ0) is 27.2. The molecule has 1 aromatic heterocycles. The van der Waals surface area contributed by atoms with Gasteiger partial charge in [0.15, 0.2) is 0 Å². The number of furan rings is 1. The van der Waals surface area contributed by atoms with Crippen LogP contribution in [-0.2, 0) is 9.31 Å². The molecule has 0 spiro atoms. The van der Waals surface area contributed by atoms with Crippen molar-refractivity contribution >= 4 is 68.2 Å². The first-order valence-corrected chi connectivity index (χ1v) is 14.3. The van der Waals surface area contributed by atoms with Gasteiger partial charge >= 0.3 is 7.12 Å². The molecule has 0 amide bonds. The van der Waals surface area contributed by atoms with Crippen LogP contribution >= 0.6 is 0 Å². The molecular formula is C36H31BO3. The average Bonchev–Trinajstić information content (AvgIpc) is 3.45. The van der Waals surface area contributed by atoms with Crippen LogP contribution in [0.2, 0.25) is 0 Å². The molecule has 0 unspecified atom stereocenters. The zero-order valence-corrected chi connectivity index (χ0v) is 23.4. The van der Waals surface area contributed by atoms with Gasteiger partial charge < -0.3 is 13.7 Å². The average molecular weight is 522 g/mol. The van der Waals surface area contributed by atoms with E-state index >= 15 is 0 Å². The van der Waals surface area contributed by atoms with Gasteiger partial charge in [-0.15, -0.1) is 0 Å². The molecule has 0 N–H and O–H groups in total. The number of fused-ring (bicyclic) bond motifs is 9. The summed E-state index contributed by atoms with van der Waals surface area (Å²) in [7, 11) is -0.421. The van der Waals surface area contributed by atoms with E-state index in [0.717, 1.165) is 40.2 Å². The zero-order valence-electron chi connectivity index (χ0n) is 23.4. The second-order valence-electron chi connectivity index (χ2n) is 12.2. The van der Waals surface area contributed by atoms with Crippen molar-refractivity contribution in [3.8, 4) is 11.1 Å². The summed E-state index contributed by atoms with van der Waals surface area (Å²) in [5.74, 6) is 0. The molecule has 6 aromatic rings. The first kappa shape index (κ1) is 24.0. The maximum absolute atomic E-state index is 6.43. The minimum Gasteiger partial charge on any atom is -0.456 e. The SMILES string of the molecule is CC1(C)OB(c2ccc3c(c2)oc2cccc(-c4ccc5c6c(c7ccccc7c5c4)=CCCC=6)c23)OC1(C)C. The predicted octanol–water partition coefficient (Wildman–Crippen LogP) is 7.21. The Labute approximate surface area is 233 Å². The first-order valence-electron chi connectivity index (χ1n) is 14.3. The quantitative estimate of drug-likeness (QED) is 0.178. The highest BCUT2D eigenvalue weighted by Gasteiger charge is 2.51. The number of benzene rings is 5. The van der Waals surface area contributed by atoms with E-state index in [1.807, 2.05) is 0 Å². The van der Waals surface area contributed by atoms with Crippen LogP contribution < -0.4 is 15.9 Å². The smallest absolute Gasteiger partial charge is 0.456 e. The van der Waals surface area contributed by atoms with Crippen LogP contribution in [0.25, 0.3) is 66.8 Å². The monoisotopic (exact) mass is 522 g/mol. The third-order valence-electron chi connectivity index (χ3n) is 9.33. The summed E-state index contributed by atoms with van der Waals surface area (Å²) in [6, 6.07) is 28.5. The molecule has 1 aliphatic carbocycles. The van der Waals surface area contributed by atoms with Crippen molar-refractivity contribution in [1.82, 2.24) is 0 Å². The molecule has 196 valence electrons. The molecule has 2 aliphatic rings. The molecule has 0 bridgehead atoms. The Balaban J connectivity index is 1.32. The summed E-state index contributed by atoms with van der Waals surface area (Å²) in [6.07, 6.45) is 7.01. The standard InChI is InChI=1S/C36H31BO3/c1-35(2)36(3,4)40-37(39-35)23-17-19-30-33(21-23)38-32-15-9-14-24(34(30)32)22-16-18-29-27-12-6-5-10-25(27)26-11-7-8-13-28(26)31(29)20-22/h7-21H,5-6H2,1-4H3. The highest BCUT2D eigenvalue weighted by Crippen LogP contribution is 2.39. The molecule has 0 radical (unpaired) electrons. The van der Waals surface area contributed by atoms with Gasteiger partial charge in [-0.05, 0) is 107 Å². The second-order valence-corrected chi connectivity index (χ2v) is 12.2. The Hall–Kier alpha value is -3.86. The van der Waals surface area contributed by atoms with Crippen molar-refractivity contribution in [3.63, 3.8) is 0 Å². The third-order valence-corrected chi connectivity index (χ3v) is 9.33. The fraction of sp³-hybridized carbons (Fsp3) is 0.222. The van der Waals surface area contributed by atoms with Gasteiger partial charge in [-0.25, -0.2) is 0 Å². The molecule has 4 heteroatoms. The number of hydrogen-bond acceptors (Lipinski definition) is 3. The van der Waals surface area contributed by atoms with E-state index in [4.69, 9.17) is 13.7 Å². The van der Waals surface area contributed by atoms with Crippen LogP contribution in [0.15, 0.2) is 83.3 Å². The molecule has 1 aliphatic heterocycles. The topological polar surface area (TPSA) is 31.6 Å². The van der Waals surface area contributed by atoms with Gasteiger partial charge in [0, 0.05) is 10.8 Å². The first-order chi connectivity index (χ1) is 19.3. The van der Waals surface area contributed by atoms with E-state index in [9.17, 15) is 0 Å². The van der Waals surface area contributed by atoms with Gasteiger partial charge in [0.05, 0.1) is 11.2 Å². The molecule has 1 saturated heterocycles. The second kappa shape index (κ2) is 8.33. The summed E-state index contributed by atoms with van der Waals surface area (Å²) in [4.78, 5) is 0. The van der Waals surface area contributed by atoms with E-state index < -0.39 is 7.12 Å². The Morgan fingerprint density at radius 1 is 0.600 bits per heavy atom. The molecule has 8 rings (SSSR count). The van der Waals surface area contributed by atoms with Crippen molar-refractivity contribution < 1.29 is 13.7 Å². The summed E-state index contributed by atoms with van der Waals surface area (Å²) in [5.41, 5.74) is 4.31. The van der Waals surface area contributed by atoms with Crippen LogP contribution in [0.4, 0.5) is 0 Å². The van der Waals surface area contributed by atoms with Gasteiger partial charge in [0.2, 0.25) is 0 Å². The number of hydrogen-bond donors (Lipinski definition) is 0. The van der Waals surface area contributed by atoms with E-state index in [-0.39, 0.29) is 11.2 Å². The largest absolute Gasteiger partial charge is 0.494 e. The van der Waals surface area contributed by atoms with Crippen molar-refractivity contribution in [2.45, 2.75) is 51.7 Å². The van der Waals surface area contributed by atoms with Gasteiger partial charge in [-0.1, -0.05) is 72.8 Å². The summed E-state index contributed by atoms with van der Waals surface area (Å²) >= 11 is 0. The summed E-state index contributed by atoms with van der Waals surface area (Å²) < 4.78 is 19.1. The molecular weight excluding hydrogens is 491 g/mol. The Kier molecular flexibility index (Phi) is 4.99. The highest BCUT2D eigenvalue weighted by molar-refractivity contribution is 6.62. The van der Waals surface area contributed by atoms with E-state index in [1.165, 1.54) is 43.1 Å². The van der Waals surface area contributed by atoms with E-state index in [2.05, 4.69) is 119 Å². The fourth-order valence-corrected chi connectivity index (χ4v) is 6.52. The van der Waals surface area contributed by atoms with Crippen LogP contribution in [0.5, 0.6) is 0 Å². The Morgan fingerprint density at radius 2 is 1.27 bits per heavy atom. The predicted molar refractivity (Wildman–Crippen MR) is 167 cm³/mol. The molecule has 0 atom stereocenters. The normalized spacial score (nSPS) is 17.9. The summed E-state index contributed by atoms with van der Waals surface area (Å²) in [6.45, 7) is 8.32. The molecule has 0 saturated carbocycles. The lowest BCUT2D eigenvalue weighted by Gasteiger charge is -2.32. The Morgan fingerprint density at radius 3 is 2.02 bits per heavy atom. The van der Waals surface area contributed by atoms with E-state index in [1.54, 1.807) is 0 Å². The lowest BCUT2D eigenvalue weighted by atomic mass is 9.79. The van der Waals surface area contributed by atoms with Gasteiger partial charge in [-0.2, -0.15) is 0 Å². The summed E-state index contributed by atoms with van der Waals surface area (Å²) in [5, 5.41) is 10.2. The van der Waals surface area contributed by atoms with Crippen LogP contribution in [-0.4, -0.2) is 18.3 Å².